The van der Waals surface area contributed by atoms with E-state index in [1.807, 2.05) is 42.2 Å². The number of anilines is 2. The summed E-state index contributed by atoms with van der Waals surface area (Å²) in [6.07, 6.45) is 8.23. The van der Waals surface area contributed by atoms with Gasteiger partial charge in [-0.1, -0.05) is 29.6 Å². The fourth-order valence-corrected chi connectivity index (χ4v) is 13.5. The summed E-state index contributed by atoms with van der Waals surface area (Å²) >= 11 is 0. The maximum atomic E-state index is 17.0. The Labute approximate surface area is 425 Å². The Morgan fingerprint density at radius 2 is 1.64 bits per heavy atom. The van der Waals surface area contributed by atoms with E-state index in [0.717, 1.165) is 117 Å². The topological polar surface area (TPSA) is 158 Å². The van der Waals surface area contributed by atoms with Crippen LogP contribution in [0.3, 0.4) is 0 Å². The lowest BCUT2D eigenvalue weighted by atomic mass is 9.55. The number of carbonyl (C=O) groups is 3. The maximum Gasteiger partial charge on any atom is 0.257 e. The first-order chi connectivity index (χ1) is 35.1. The Kier molecular flexibility index (Phi) is 12.1. The number of phenolic OH excluding ortho intramolecular Hbond substituents is 1. The van der Waals surface area contributed by atoms with E-state index < -0.39 is 29.6 Å². The summed E-state index contributed by atoms with van der Waals surface area (Å²) in [5.41, 5.74) is 3.45. The van der Waals surface area contributed by atoms with Crippen molar-refractivity contribution in [2.75, 3.05) is 82.1 Å². The van der Waals surface area contributed by atoms with Crippen molar-refractivity contribution in [3.05, 3.63) is 83.0 Å². The van der Waals surface area contributed by atoms with Crippen LogP contribution in [0.4, 0.5) is 20.2 Å². The molecule has 8 aliphatic rings. The van der Waals surface area contributed by atoms with Crippen molar-refractivity contribution in [2.45, 2.75) is 115 Å². The number of piperidine rings is 3. The highest BCUT2D eigenvalue weighted by molar-refractivity contribution is 6.07. The number of carbonyl (C=O) groups excluding carboxylic acids is 3. The quantitative estimate of drug-likeness (QED) is 0.108. The molecule has 6 aliphatic heterocycles. The number of aromatic nitrogens is 1. The number of pyridine rings is 1. The zero-order valence-electron chi connectivity index (χ0n) is 42.1. The van der Waals surface area contributed by atoms with Gasteiger partial charge in [0.15, 0.2) is 0 Å². The number of likely N-dealkylation sites (tertiary alicyclic amines) is 2. The average Bonchev–Trinajstić information content (AvgIpc) is 4.05. The number of alkyl halides is 1. The molecule has 17 heteroatoms. The number of ether oxygens (including phenoxy) is 1. The first kappa shape index (κ1) is 48.2. The summed E-state index contributed by atoms with van der Waals surface area (Å²) in [6, 6.07) is 16.4. The Morgan fingerprint density at radius 3 is 2.38 bits per heavy atom. The number of aliphatic imine (C=N–C) groups is 1. The Hall–Kier alpha value is -5.75. The van der Waals surface area contributed by atoms with Crippen molar-refractivity contribution in [3.63, 3.8) is 0 Å². The molecule has 12 rings (SSSR count). The third-order valence-corrected chi connectivity index (χ3v) is 17.6. The SMILES string of the molecule is CCc1cccc2cc(O)cc(-c3cc4c(cn3)C(N3CCC[C@@](C)(O)C3)=NC(OCC3(CN5CCC6(CC5)CC(F)(CN5CCN(c7ccc8c(c7)CN([C@H]7CCC(=O)NC7=O)C8=O)CC5)C6)CC3)N4F)c12. The highest BCUT2D eigenvalue weighted by atomic mass is 19.2. The largest absolute Gasteiger partial charge is 0.508 e. The van der Waals surface area contributed by atoms with Crippen molar-refractivity contribution in [3.8, 4) is 17.0 Å². The van der Waals surface area contributed by atoms with E-state index >= 15 is 8.87 Å². The fraction of sp³-hybridized carbons (Fsp3) is 0.554. The van der Waals surface area contributed by atoms with Gasteiger partial charge >= 0.3 is 0 Å². The van der Waals surface area contributed by atoms with Gasteiger partial charge in [-0.3, -0.25) is 29.6 Å². The minimum atomic E-state index is -1.24. The van der Waals surface area contributed by atoms with E-state index in [2.05, 4.69) is 33.0 Å². The van der Waals surface area contributed by atoms with Crippen LogP contribution in [0.1, 0.15) is 105 Å². The second-order valence-corrected chi connectivity index (χ2v) is 23.2. The number of aryl methyl sites for hydroxylation is 1. The highest BCUT2D eigenvalue weighted by Gasteiger charge is 2.57. The standard InChI is InChI=1S/C56H67F2N9O6/c1-3-36-6-4-7-37-25-40(68)26-42(48(36)37)44-27-46-43(28-59-44)49(65-17-5-12-53(2,72)32-65)61-52(67(46)58)73-35-55(13-14-55)33-62-18-15-54(16-19-62)30-56(57,31-54)34-63-20-22-64(23-21-63)39-8-9-41-38(24-39)29-66(51(41)71)45-10-11-47(69)60-50(45)70/h4,6-9,24-28,45,52,68,72H,3,5,10-23,29-35H2,1-2H3,(H,60,69,70)/t45-,52?,53+/m0/s1. The van der Waals surface area contributed by atoms with E-state index in [4.69, 9.17) is 14.7 Å². The molecule has 3 aromatic carbocycles. The predicted molar refractivity (Wildman–Crippen MR) is 274 cm³/mol. The zero-order valence-corrected chi connectivity index (χ0v) is 42.1. The number of benzene rings is 3. The molecule has 3 atom stereocenters. The molecule has 15 nitrogen and oxygen atoms in total. The molecule has 6 fully saturated rings. The summed E-state index contributed by atoms with van der Waals surface area (Å²) in [5, 5.41) is 26.8. The van der Waals surface area contributed by atoms with Gasteiger partial charge in [0, 0.05) is 93.7 Å². The van der Waals surface area contributed by atoms with E-state index in [9.17, 15) is 24.6 Å². The molecule has 3 N–H and O–H groups in total. The number of nitrogens with one attached hydrogen (secondary N) is 1. The average molecular weight is 1000 g/mol. The number of piperazine rings is 1. The predicted octanol–water partition coefficient (Wildman–Crippen LogP) is 6.72. The molecule has 1 aromatic heterocycles. The molecule has 73 heavy (non-hydrogen) atoms. The molecule has 386 valence electrons. The van der Waals surface area contributed by atoms with Gasteiger partial charge in [0.1, 0.15) is 23.3 Å². The summed E-state index contributed by atoms with van der Waals surface area (Å²) in [5.74, 6) is -0.231. The maximum absolute atomic E-state index is 17.0. The number of phenols is 1. The minimum Gasteiger partial charge on any atom is -0.508 e. The molecular formula is C56H67F2N9O6. The van der Waals surface area contributed by atoms with Crippen LogP contribution >= 0.6 is 0 Å². The number of imide groups is 1. The molecule has 1 spiro atoms. The van der Waals surface area contributed by atoms with Crippen molar-refractivity contribution >= 4 is 45.7 Å². The normalized spacial score (nSPS) is 26.7. The number of β-amino-alcohol motifs (C(OH)–C–C–N with tert-alkyl or cyclic N) is 1. The van der Waals surface area contributed by atoms with Crippen LogP contribution in [0.5, 0.6) is 5.75 Å². The lowest BCUT2D eigenvalue weighted by Crippen LogP contribution is -2.60. The van der Waals surface area contributed by atoms with Gasteiger partial charge in [0.2, 0.25) is 11.8 Å². The Morgan fingerprint density at radius 1 is 0.863 bits per heavy atom. The molecule has 7 heterocycles. The van der Waals surface area contributed by atoms with E-state index in [1.54, 1.807) is 29.3 Å². The number of hydrogen-bond donors (Lipinski definition) is 3. The lowest BCUT2D eigenvalue weighted by Gasteiger charge is -2.57. The fourth-order valence-electron chi connectivity index (χ4n) is 13.5. The molecule has 0 radical (unpaired) electrons. The lowest BCUT2D eigenvalue weighted by molar-refractivity contribution is -0.136. The second kappa shape index (κ2) is 18.3. The van der Waals surface area contributed by atoms with Crippen LogP contribution in [0.15, 0.2) is 65.8 Å². The van der Waals surface area contributed by atoms with Crippen LogP contribution in [-0.4, -0.2) is 154 Å². The van der Waals surface area contributed by atoms with Crippen LogP contribution < -0.4 is 15.3 Å². The second-order valence-electron chi connectivity index (χ2n) is 23.2. The number of fused-ring (bicyclic) bond motifs is 3. The number of amides is 3. The van der Waals surface area contributed by atoms with Crippen LogP contribution in [-0.2, 0) is 27.3 Å². The van der Waals surface area contributed by atoms with E-state index in [1.165, 1.54) is 0 Å². The van der Waals surface area contributed by atoms with Gasteiger partial charge in [0.05, 0.1) is 29.2 Å². The number of rotatable bonds is 11. The molecule has 4 saturated heterocycles. The molecule has 0 bridgehead atoms. The monoisotopic (exact) mass is 1000 g/mol. The van der Waals surface area contributed by atoms with Crippen LogP contribution in [0.25, 0.3) is 22.0 Å². The van der Waals surface area contributed by atoms with Gasteiger partial charge in [-0.25, -0.2) is 9.38 Å². The van der Waals surface area contributed by atoms with Gasteiger partial charge < -0.3 is 34.5 Å². The molecule has 2 aliphatic carbocycles. The van der Waals surface area contributed by atoms with Gasteiger partial charge in [-0.2, -0.15) is 5.12 Å². The number of nitrogens with zero attached hydrogens (tertiary/aromatic N) is 8. The van der Waals surface area contributed by atoms with Crippen LogP contribution in [0.2, 0.25) is 0 Å². The molecule has 3 amide bonds. The Bertz CT molecular complexity index is 2890. The van der Waals surface area contributed by atoms with Gasteiger partial charge in [0.25, 0.3) is 12.3 Å². The molecule has 2 saturated carbocycles. The minimum absolute atomic E-state index is 0.0227. The zero-order chi connectivity index (χ0) is 50.4. The Balaban J connectivity index is 0.649. The summed E-state index contributed by atoms with van der Waals surface area (Å²) in [7, 11) is 0. The first-order valence-electron chi connectivity index (χ1n) is 26.6. The summed E-state index contributed by atoms with van der Waals surface area (Å²) < 4.78 is 40.0. The number of amidine groups is 1. The first-order valence-corrected chi connectivity index (χ1v) is 26.6. The van der Waals surface area contributed by atoms with Crippen LogP contribution in [0, 0.1) is 10.8 Å². The number of halogens is 2. The third-order valence-electron chi connectivity index (χ3n) is 17.6. The van der Waals surface area contributed by atoms with Gasteiger partial charge in [-0.15, -0.1) is 0 Å². The summed E-state index contributed by atoms with van der Waals surface area (Å²) in [6.45, 7) is 11.7. The van der Waals surface area contributed by atoms with E-state index in [-0.39, 0.29) is 40.5 Å². The number of aromatic hydroxyl groups is 1. The van der Waals surface area contributed by atoms with Crippen molar-refractivity contribution in [2.24, 2.45) is 15.8 Å². The molecule has 4 aromatic rings. The third kappa shape index (κ3) is 9.22. The highest BCUT2D eigenvalue weighted by Crippen LogP contribution is 2.58. The molecular weight excluding hydrogens is 933 g/mol. The molecule has 1 unspecified atom stereocenters. The van der Waals surface area contributed by atoms with Crippen molar-refractivity contribution < 1.29 is 38.2 Å². The summed E-state index contributed by atoms with van der Waals surface area (Å²) in [4.78, 5) is 57.9. The van der Waals surface area contributed by atoms with Crippen molar-refractivity contribution in [1.82, 2.24) is 29.9 Å². The number of hydrogen-bond acceptors (Lipinski definition) is 13. The van der Waals surface area contributed by atoms with E-state index in [0.29, 0.717) is 86.2 Å². The van der Waals surface area contributed by atoms with Crippen molar-refractivity contribution in [1.29, 1.82) is 0 Å². The smallest absolute Gasteiger partial charge is 0.257 e. The number of aliphatic hydroxyl groups is 1. The van der Waals surface area contributed by atoms with Gasteiger partial charge in [-0.05, 0) is 148 Å².